The zero-order valence-corrected chi connectivity index (χ0v) is 11.5. The minimum Gasteiger partial charge on any atom is -0.392 e. The van der Waals surface area contributed by atoms with Gasteiger partial charge in [-0.15, -0.1) is 0 Å². The molecule has 0 spiro atoms. The summed E-state index contributed by atoms with van der Waals surface area (Å²) in [4.78, 5) is 0. The van der Waals surface area contributed by atoms with Crippen LogP contribution in [0.1, 0.15) is 23.7 Å². The molecule has 1 N–H and O–H groups in total. The van der Waals surface area contributed by atoms with Crippen molar-refractivity contribution in [3.05, 3.63) is 45.7 Å². The summed E-state index contributed by atoms with van der Waals surface area (Å²) in [5.74, 6) is 0. The molecule has 0 aliphatic heterocycles. The first-order valence-corrected chi connectivity index (χ1v) is 6.39. The van der Waals surface area contributed by atoms with E-state index in [9.17, 15) is 5.11 Å². The van der Waals surface area contributed by atoms with E-state index >= 15 is 0 Å². The molecule has 0 atom stereocenters. The molecular weight excluding hydrogens is 280 g/mol. The van der Waals surface area contributed by atoms with Crippen LogP contribution in [0.25, 0.3) is 5.69 Å². The van der Waals surface area contributed by atoms with E-state index in [0.717, 1.165) is 33.4 Å². The third kappa shape index (κ3) is 2.28. The molecule has 2 rings (SSSR count). The van der Waals surface area contributed by atoms with Gasteiger partial charge < -0.3 is 5.11 Å². The Hall–Kier alpha value is -1.13. The standard InChI is InChI=1S/C13H15BrN2O/c1-3-12-10(8-17)7-15-16(12)13-5-4-11(14)6-9(13)2/h4-7,17H,3,8H2,1-2H3. The molecule has 0 aliphatic rings. The molecule has 0 saturated carbocycles. The van der Waals surface area contributed by atoms with Crippen LogP contribution >= 0.6 is 15.9 Å². The van der Waals surface area contributed by atoms with Gasteiger partial charge in [0.2, 0.25) is 0 Å². The van der Waals surface area contributed by atoms with Crippen molar-refractivity contribution in [3.63, 3.8) is 0 Å². The first-order valence-electron chi connectivity index (χ1n) is 5.60. The van der Waals surface area contributed by atoms with Crippen molar-refractivity contribution < 1.29 is 5.11 Å². The van der Waals surface area contributed by atoms with Crippen LogP contribution in [-0.4, -0.2) is 14.9 Å². The Balaban J connectivity index is 2.56. The summed E-state index contributed by atoms with van der Waals surface area (Å²) in [5.41, 5.74) is 4.18. The van der Waals surface area contributed by atoms with Crippen LogP contribution in [0.4, 0.5) is 0 Å². The first-order chi connectivity index (χ1) is 8.17. The lowest BCUT2D eigenvalue weighted by atomic mass is 10.1. The van der Waals surface area contributed by atoms with Gasteiger partial charge in [-0.3, -0.25) is 0 Å². The highest BCUT2D eigenvalue weighted by Crippen LogP contribution is 2.22. The van der Waals surface area contributed by atoms with Crippen LogP contribution in [0.2, 0.25) is 0 Å². The van der Waals surface area contributed by atoms with E-state index in [0.29, 0.717) is 0 Å². The fourth-order valence-electron chi connectivity index (χ4n) is 1.98. The molecule has 0 fully saturated rings. The summed E-state index contributed by atoms with van der Waals surface area (Å²) < 4.78 is 2.97. The average Bonchev–Trinajstić information content (AvgIpc) is 2.71. The maximum Gasteiger partial charge on any atom is 0.0715 e. The number of benzene rings is 1. The second-order valence-corrected chi connectivity index (χ2v) is 4.89. The molecule has 0 unspecified atom stereocenters. The second-order valence-electron chi connectivity index (χ2n) is 3.97. The van der Waals surface area contributed by atoms with Gasteiger partial charge in [-0.2, -0.15) is 5.10 Å². The SMILES string of the molecule is CCc1c(CO)cnn1-c1ccc(Br)cc1C. The van der Waals surface area contributed by atoms with E-state index in [1.807, 2.05) is 16.8 Å². The summed E-state index contributed by atoms with van der Waals surface area (Å²) in [6.07, 6.45) is 2.59. The molecule has 1 aromatic carbocycles. The van der Waals surface area contributed by atoms with Gasteiger partial charge in [0.25, 0.3) is 0 Å². The lowest BCUT2D eigenvalue weighted by Gasteiger charge is -2.10. The van der Waals surface area contributed by atoms with Crippen LogP contribution in [0.15, 0.2) is 28.9 Å². The fraction of sp³-hybridized carbons (Fsp3) is 0.308. The van der Waals surface area contributed by atoms with Crippen molar-refractivity contribution in [2.24, 2.45) is 0 Å². The van der Waals surface area contributed by atoms with Crippen molar-refractivity contribution in [1.82, 2.24) is 9.78 Å². The minimum absolute atomic E-state index is 0.0404. The van der Waals surface area contributed by atoms with Crippen molar-refractivity contribution in [1.29, 1.82) is 0 Å². The van der Waals surface area contributed by atoms with Crippen LogP contribution in [-0.2, 0) is 13.0 Å². The molecule has 0 bridgehead atoms. The Bertz CT molecular complexity index is 534. The summed E-state index contributed by atoms with van der Waals surface area (Å²) in [5, 5.41) is 13.6. The number of halogens is 1. The van der Waals surface area contributed by atoms with Gasteiger partial charge in [0.15, 0.2) is 0 Å². The Morgan fingerprint density at radius 1 is 1.41 bits per heavy atom. The molecule has 0 aliphatic carbocycles. The molecule has 90 valence electrons. The number of rotatable bonds is 3. The normalized spacial score (nSPS) is 10.8. The lowest BCUT2D eigenvalue weighted by Crippen LogP contribution is -2.04. The molecule has 4 heteroatoms. The van der Waals surface area contributed by atoms with E-state index in [1.165, 1.54) is 0 Å². The van der Waals surface area contributed by atoms with Crippen molar-refractivity contribution >= 4 is 15.9 Å². The zero-order valence-electron chi connectivity index (χ0n) is 9.94. The molecule has 2 aromatic rings. The molecule has 1 aromatic heterocycles. The second kappa shape index (κ2) is 5.02. The van der Waals surface area contributed by atoms with Crippen LogP contribution in [0, 0.1) is 6.92 Å². The number of aryl methyl sites for hydroxylation is 1. The number of aromatic nitrogens is 2. The summed E-state index contributed by atoms with van der Waals surface area (Å²) in [6.45, 7) is 4.17. The predicted octanol–water partition coefficient (Wildman–Crippen LogP) is 3.00. The molecular formula is C13H15BrN2O. The fourth-order valence-corrected chi connectivity index (χ4v) is 2.46. The maximum absolute atomic E-state index is 9.26. The Morgan fingerprint density at radius 2 is 2.18 bits per heavy atom. The van der Waals surface area contributed by atoms with Crippen molar-refractivity contribution in [3.8, 4) is 5.69 Å². The van der Waals surface area contributed by atoms with E-state index in [4.69, 9.17) is 0 Å². The number of hydrogen-bond donors (Lipinski definition) is 1. The highest BCUT2D eigenvalue weighted by atomic mass is 79.9. The topological polar surface area (TPSA) is 38.1 Å². The molecule has 0 saturated heterocycles. The predicted molar refractivity (Wildman–Crippen MR) is 71.3 cm³/mol. The number of aliphatic hydroxyl groups is 1. The molecule has 17 heavy (non-hydrogen) atoms. The van der Waals surface area contributed by atoms with E-state index in [1.54, 1.807) is 6.20 Å². The van der Waals surface area contributed by atoms with Gasteiger partial charge in [-0.05, 0) is 37.1 Å². The monoisotopic (exact) mass is 294 g/mol. The average molecular weight is 295 g/mol. The molecule has 0 radical (unpaired) electrons. The Labute approximate surface area is 109 Å². The van der Waals surface area contributed by atoms with Crippen LogP contribution < -0.4 is 0 Å². The zero-order chi connectivity index (χ0) is 12.4. The maximum atomic E-state index is 9.26. The number of aliphatic hydroxyl groups excluding tert-OH is 1. The van der Waals surface area contributed by atoms with E-state index < -0.39 is 0 Å². The summed E-state index contributed by atoms with van der Waals surface area (Å²) in [6, 6.07) is 6.10. The molecule has 0 amide bonds. The van der Waals surface area contributed by atoms with Gasteiger partial charge in [-0.1, -0.05) is 22.9 Å². The van der Waals surface area contributed by atoms with Gasteiger partial charge in [0.05, 0.1) is 18.5 Å². The lowest BCUT2D eigenvalue weighted by molar-refractivity contribution is 0.280. The van der Waals surface area contributed by atoms with Crippen molar-refractivity contribution in [2.75, 3.05) is 0 Å². The third-order valence-corrected chi connectivity index (χ3v) is 3.34. The summed E-state index contributed by atoms with van der Waals surface area (Å²) >= 11 is 3.45. The van der Waals surface area contributed by atoms with Gasteiger partial charge in [-0.25, -0.2) is 4.68 Å². The molecule has 1 heterocycles. The van der Waals surface area contributed by atoms with E-state index in [2.05, 4.69) is 40.9 Å². The third-order valence-electron chi connectivity index (χ3n) is 2.85. The highest BCUT2D eigenvalue weighted by molar-refractivity contribution is 9.10. The first kappa shape index (κ1) is 12.3. The van der Waals surface area contributed by atoms with Crippen LogP contribution in [0.3, 0.4) is 0 Å². The number of hydrogen-bond acceptors (Lipinski definition) is 2. The van der Waals surface area contributed by atoms with Crippen molar-refractivity contribution in [2.45, 2.75) is 26.9 Å². The minimum atomic E-state index is 0.0404. The van der Waals surface area contributed by atoms with Crippen LogP contribution in [0.5, 0.6) is 0 Å². The summed E-state index contributed by atoms with van der Waals surface area (Å²) in [7, 11) is 0. The smallest absolute Gasteiger partial charge is 0.0715 e. The van der Waals surface area contributed by atoms with Gasteiger partial charge in [0, 0.05) is 15.7 Å². The molecule has 3 nitrogen and oxygen atoms in total. The highest BCUT2D eigenvalue weighted by Gasteiger charge is 2.11. The largest absolute Gasteiger partial charge is 0.392 e. The Kier molecular flexibility index (Phi) is 3.64. The van der Waals surface area contributed by atoms with Gasteiger partial charge >= 0.3 is 0 Å². The Morgan fingerprint density at radius 3 is 2.76 bits per heavy atom. The quantitative estimate of drug-likeness (QED) is 0.945. The van der Waals surface area contributed by atoms with Gasteiger partial charge in [0.1, 0.15) is 0 Å². The van der Waals surface area contributed by atoms with E-state index in [-0.39, 0.29) is 6.61 Å². The number of nitrogens with zero attached hydrogens (tertiary/aromatic N) is 2.